The first-order chi connectivity index (χ1) is 16.6. The van der Waals surface area contributed by atoms with Crippen molar-refractivity contribution >= 4 is 29.3 Å². The third-order valence-electron chi connectivity index (χ3n) is 4.35. The molecule has 0 unspecified atom stereocenters. The number of aryl methyl sites for hydroxylation is 1. The second-order valence-electron chi connectivity index (χ2n) is 7.27. The van der Waals surface area contributed by atoms with Gasteiger partial charge in [0.1, 0.15) is 5.82 Å². The fraction of sp³-hybridized carbons (Fsp3) is 0.250. The maximum Gasteiger partial charge on any atom is 0.490 e. The highest BCUT2D eigenvalue weighted by atomic mass is 19.4. The summed E-state index contributed by atoms with van der Waals surface area (Å²) in [5.74, 6) is -1.49. The normalized spacial score (nSPS) is 10.5. The summed E-state index contributed by atoms with van der Waals surface area (Å²) in [7, 11) is 0. The molecule has 3 rings (SSSR count). The number of alkyl halides is 3. The monoisotopic (exact) mass is 489 g/mol. The Balaban J connectivity index is 0.000000540. The first-order valence-electron chi connectivity index (χ1n) is 10.7. The molecule has 0 atom stereocenters. The maximum atomic E-state index is 12.0. The molecule has 0 aliphatic rings. The lowest BCUT2D eigenvalue weighted by Gasteiger charge is -2.10. The van der Waals surface area contributed by atoms with Crippen LogP contribution in [0.2, 0.25) is 0 Å². The molecule has 8 nitrogen and oxygen atoms in total. The summed E-state index contributed by atoms with van der Waals surface area (Å²) in [6.45, 7) is 3.18. The van der Waals surface area contributed by atoms with Crippen molar-refractivity contribution in [3.63, 3.8) is 0 Å². The second-order valence-corrected chi connectivity index (χ2v) is 7.27. The number of benzene rings is 2. The minimum absolute atomic E-state index is 0.0364. The van der Waals surface area contributed by atoms with Crippen LogP contribution in [0.5, 0.6) is 0 Å². The molecule has 0 saturated carbocycles. The lowest BCUT2D eigenvalue weighted by molar-refractivity contribution is -0.192. The molecule has 3 aromatic rings. The van der Waals surface area contributed by atoms with Gasteiger partial charge in [-0.1, -0.05) is 48.5 Å². The van der Waals surface area contributed by atoms with E-state index in [1.54, 1.807) is 0 Å². The van der Waals surface area contributed by atoms with Crippen LogP contribution >= 0.6 is 0 Å². The zero-order chi connectivity index (χ0) is 25.7. The Morgan fingerprint density at radius 1 is 0.914 bits per heavy atom. The van der Waals surface area contributed by atoms with Gasteiger partial charge in [0.05, 0.1) is 0 Å². The Kier molecular flexibility index (Phi) is 10.5. The van der Waals surface area contributed by atoms with Crippen LogP contribution in [-0.4, -0.2) is 46.2 Å². The van der Waals surface area contributed by atoms with Crippen LogP contribution in [-0.2, 0) is 16.0 Å². The van der Waals surface area contributed by atoms with E-state index < -0.39 is 12.1 Å². The van der Waals surface area contributed by atoms with Crippen molar-refractivity contribution < 1.29 is 27.9 Å². The van der Waals surface area contributed by atoms with E-state index in [-0.39, 0.29) is 5.91 Å². The molecule has 0 spiro atoms. The Hall–Kier alpha value is -4.15. The summed E-state index contributed by atoms with van der Waals surface area (Å²) >= 11 is 0. The molecule has 0 aliphatic heterocycles. The van der Waals surface area contributed by atoms with E-state index in [0.717, 1.165) is 24.3 Å². The smallest absolute Gasteiger partial charge is 0.475 e. The van der Waals surface area contributed by atoms with E-state index in [1.807, 2.05) is 61.5 Å². The number of carboxylic acid groups (broad SMARTS) is 1. The minimum Gasteiger partial charge on any atom is -0.475 e. The predicted molar refractivity (Wildman–Crippen MR) is 127 cm³/mol. The van der Waals surface area contributed by atoms with Crippen LogP contribution < -0.4 is 16.0 Å². The number of hydrogen-bond acceptors (Lipinski definition) is 6. The number of nitrogens with zero attached hydrogens (tertiary/aromatic N) is 2. The van der Waals surface area contributed by atoms with Gasteiger partial charge in [0.2, 0.25) is 11.9 Å². The van der Waals surface area contributed by atoms with Crippen molar-refractivity contribution in [2.45, 2.75) is 25.9 Å². The molecule has 1 amide bonds. The summed E-state index contributed by atoms with van der Waals surface area (Å²) in [5.41, 5.74) is 2.94. The summed E-state index contributed by atoms with van der Waals surface area (Å²) in [6.07, 6.45) is -3.82. The predicted octanol–water partition coefficient (Wildman–Crippen LogP) is 4.51. The third-order valence-corrected chi connectivity index (χ3v) is 4.35. The lowest BCUT2D eigenvalue weighted by Crippen LogP contribution is -2.21. The Morgan fingerprint density at radius 3 is 2.11 bits per heavy atom. The molecule has 1 aromatic heterocycles. The number of hydrogen-bond donors (Lipinski definition) is 4. The van der Waals surface area contributed by atoms with Crippen LogP contribution in [0.1, 0.15) is 17.7 Å². The molecule has 0 bridgehead atoms. The number of anilines is 3. The first-order valence-corrected chi connectivity index (χ1v) is 10.7. The van der Waals surface area contributed by atoms with Crippen LogP contribution in [0.4, 0.5) is 30.6 Å². The number of carboxylic acids is 1. The fourth-order valence-electron chi connectivity index (χ4n) is 2.75. The molecule has 0 aliphatic carbocycles. The number of amides is 1. The quantitative estimate of drug-likeness (QED) is 0.349. The summed E-state index contributed by atoms with van der Waals surface area (Å²) in [5, 5.41) is 16.5. The molecule has 11 heteroatoms. The minimum atomic E-state index is -5.08. The number of carbonyl (C=O) groups is 2. The third kappa shape index (κ3) is 11.0. The Bertz CT molecular complexity index is 1080. The molecule has 186 valence electrons. The maximum absolute atomic E-state index is 12.0. The van der Waals surface area contributed by atoms with Crippen molar-refractivity contribution in [2.24, 2.45) is 0 Å². The molecular weight excluding hydrogens is 463 g/mol. The van der Waals surface area contributed by atoms with E-state index in [4.69, 9.17) is 9.90 Å². The number of aliphatic carboxylic acids is 1. The van der Waals surface area contributed by atoms with Gasteiger partial charge in [-0.15, -0.1) is 0 Å². The molecule has 0 saturated heterocycles. The first kappa shape index (κ1) is 27.1. The molecule has 0 fully saturated rings. The topological polar surface area (TPSA) is 116 Å². The number of carbonyl (C=O) groups excluding carboxylic acids is 1. The van der Waals surface area contributed by atoms with Gasteiger partial charge in [0.15, 0.2) is 0 Å². The zero-order valence-corrected chi connectivity index (χ0v) is 19.0. The average molecular weight is 489 g/mol. The fourth-order valence-corrected chi connectivity index (χ4v) is 2.75. The highest BCUT2D eigenvalue weighted by Crippen LogP contribution is 2.13. The largest absolute Gasteiger partial charge is 0.490 e. The zero-order valence-electron chi connectivity index (χ0n) is 19.0. The van der Waals surface area contributed by atoms with Crippen molar-refractivity contribution in [1.82, 2.24) is 9.97 Å². The lowest BCUT2D eigenvalue weighted by atomic mass is 10.1. The van der Waals surface area contributed by atoms with E-state index in [1.165, 1.54) is 5.56 Å². The summed E-state index contributed by atoms with van der Waals surface area (Å²) in [4.78, 5) is 29.8. The summed E-state index contributed by atoms with van der Waals surface area (Å²) in [6, 6.07) is 21.6. The SMILES string of the molecule is Cc1cc(NCCC(=O)Nc2ccccc2)nc(NCCc2ccccc2)n1.O=C(O)C(F)(F)F. The standard InChI is InChI=1S/C22H25N5O.C2HF3O2/c1-17-16-20(23-15-13-21(28)26-19-10-6-3-7-11-19)27-22(25-17)24-14-12-18-8-4-2-5-9-18;3-2(4,5)1(6)7/h2-11,16H,12-15H2,1H3,(H,26,28)(H2,23,24,25,27);(H,6,7). The van der Waals surface area contributed by atoms with Crippen molar-refractivity contribution in [3.8, 4) is 0 Å². The van der Waals surface area contributed by atoms with Gasteiger partial charge in [-0.2, -0.15) is 18.2 Å². The highest BCUT2D eigenvalue weighted by Gasteiger charge is 2.38. The molecule has 1 heterocycles. The molecule has 2 aromatic carbocycles. The summed E-state index contributed by atoms with van der Waals surface area (Å²) < 4.78 is 31.7. The molecule has 35 heavy (non-hydrogen) atoms. The van der Waals surface area contributed by atoms with Gasteiger partial charge in [-0.3, -0.25) is 4.79 Å². The van der Waals surface area contributed by atoms with Crippen LogP contribution in [0, 0.1) is 6.92 Å². The highest BCUT2D eigenvalue weighted by molar-refractivity contribution is 5.90. The van der Waals surface area contributed by atoms with E-state index in [9.17, 15) is 18.0 Å². The van der Waals surface area contributed by atoms with Gasteiger partial charge >= 0.3 is 12.1 Å². The Labute approximate surface area is 200 Å². The number of nitrogens with one attached hydrogen (secondary N) is 3. The van der Waals surface area contributed by atoms with Gasteiger partial charge in [-0.05, 0) is 31.0 Å². The average Bonchev–Trinajstić information content (AvgIpc) is 2.80. The van der Waals surface area contributed by atoms with Gasteiger partial charge < -0.3 is 21.1 Å². The Morgan fingerprint density at radius 2 is 1.51 bits per heavy atom. The number of rotatable bonds is 9. The second kappa shape index (κ2) is 13.5. The van der Waals surface area contributed by atoms with E-state index >= 15 is 0 Å². The van der Waals surface area contributed by atoms with Gasteiger partial charge in [0.25, 0.3) is 0 Å². The van der Waals surface area contributed by atoms with E-state index in [0.29, 0.717) is 24.7 Å². The van der Waals surface area contributed by atoms with Crippen LogP contribution in [0.3, 0.4) is 0 Å². The molecule has 4 N–H and O–H groups in total. The van der Waals surface area contributed by atoms with Gasteiger partial charge in [-0.25, -0.2) is 9.78 Å². The van der Waals surface area contributed by atoms with Crippen molar-refractivity contribution in [2.75, 3.05) is 29.0 Å². The number of aromatic nitrogens is 2. The number of halogens is 3. The molecular formula is C24H26F3N5O3. The van der Waals surface area contributed by atoms with Crippen molar-refractivity contribution in [1.29, 1.82) is 0 Å². The van der Waals surface area contributed by atoms with Crippen LogP contribution in [0.25, 0.3) is 0 Å². The van der Waals surface area contributed by atoms with Gasteiger partial charge in [0, 0.05) is 37.0 Å². The number of para-hydroxylation sites is 1. The van der Waals surface area contributed by atoms with Crippen molar-refractivity contribution in [3.05, 3.63) is 78.0 Å². The van der Waals surface area contributed by atoms with Crippen LogP contribution in [0.15, 0.2) is 66.7 Å². The molecule has 0 radical (unpaired) electrons. The van der Waals surface area contributed by atoms with E-state index in [2.05, 4.69) is 38.1 Å².